The summed E-state index contributed by atoms with van der Waals surface area (Å²) in [4.78, 5) is 11.2. The highest BCUT2D eigenvalue weighted by Gasteiger charge is 2.18. The summed E-state index contributed by atoms with van der Waals surface area (Å²) < 4.78 is 20.1. The summed E-state index contributed by atoms with van der Waals surface area (Å²) >= 11 is 0. The molecule has 6 heteroatoms. The average molecular weight is 278 g/mol. The number of aromatic carboxylic acids is 1. The van der Waals surface area contributed by atoms with Crippen molar-refractivity contribution in [2.45, 2.75) is 26.5 Å². The molecule has 0 bridgehead atoms. The quantitative estimate of drug-likeness (QED) is 0.913. The van der Waals surface area contributed by atoms with Crippen LogP contribution in [0.3, 0.4) is 0 Å². The molecule has 0 aliphatic rings. The molecule has 0 saturated carbocycles. The molecule has 1 N–H and O–H groups in total. The Labute approximate surface area is 115 Å². The van der Waals surface area contributed by atoms with Crippen molar-refractivity contribution in [2.75, 3.05) is 0 Å². The topological polar surface area (TPSA) is 64.4 Å². The number of rotatable bonds is 5. The molecular weight excluding hydrogens is 263 g/mol. The minimum Gasteiger partial charge on any atom is -0.487 e. The standard InChI is InChI=1S/C14H15FN2O3/c1-9(2)17-13(12(7-16-17)14(18)19)8-20-11-5-3-4-10(15)6-11/h3-7,9H,8H2,1-2H3,(H,18,19). The summed E-state index contributed by atoms with van der Waals surface area (Å²) in [5.41, 5.74) is 0.548. The van der Waals surface area contributed by atoms with E-state index in [0.717, 1.165) is 0 Å². The van der Waals surface area contributed by atoms with Gasteiger partial charge in [-0.2, -0.15) is 5.10 Å². The van der Waals surface area contributed by atoms with Gasteiger partial charge in [0, 0.05) is 12.1 Å². The number of hydrogen-bond acceptors (Lipinski definition) is 3. The molecular formula is C14H15FN2O3. The van der Waals surface area contributed by atoms with Crippen LogP contribution in [-0.4, -0.2) is 20.9 Å². The highest BCUT2D eigenvalue weighted by atomic mass is 19.1. The van der Waals surface area contributed by atoms with Crippen LogP contribution in [0.25, 0.3) is 0 Å². The Morgan fingerprint density at radius 3 is 2.85 bits per heavy atom. The third kappa shape index (κ3) is 2.96. The average Bonchev–Trinajstić information content (AvgIpc) is 2.80. The van der Waals surface area contributed by atoms with Gasteiger partial charge in [-0.1, -0.05) is 6.07 Å². The van der Waals surface area contributed by atoms with Crippen LogP contribution in [0.5, 0.6) is 5.75 Å². The fourth-order valence-electron chi connectivity index (χ4n) is 1.86. The number of carbonyl (C=O) groups is 1. The summed E-state index contributed by atoms with van der Waals surface area (Å²) in [7, 11) is 0. The van der Waals surface area contributed by atoms with Crippen molar-refractivity contribution >= 4 is 5.97 Å². The molecule has 1 heterocycles. The second-order valence-electron chi connectivity index (χ2n) is 4.59. The van der Waals surface area contributed by atoms with Gasteiger partial charge in [0.15, 0.2) is 0 Å². The zero-order valence-electron chi connectivity index (χ0n) is 11.2. The molecule has 5 nitrogen and oxygen atoms in total. The fourth-order valence-corrected chi connectivity index (χ4v) is 1.86. The number of carboxylic acid groups (broad SMARTS) is 1. The number of halogens is 1. The van der Waals surface area contributed by atoms with Gasteiger partial charge in [-0.05, 0) is 26.0 Å². The van der Waals surface area contributed by atoms with E-state index in [4.69, 9.17) is 9.84 Å². The number of hydrogen-bond donors (Lipinski definition) is 1. The first-order valence-electron chi connectivity index (χ1n) is 6.17. The lowest BCUT2D eigenvalue weighted by Gasteiger charge is -2.13. The first-order chi connectivity index (χ1) is 9.49. The van der Waals surface area contributed by atoms with Crippen molar-refractivity contribution in [1.82, 2.24) is 9.78 Å². The smallest absolute Gasteiger partial charge is 0.339 e. The number of carboxylic acids is 1. The Morgan fingerprint density at radius 1 is 1.50 bits per heavy atom. The van der Waals surface area contributed by atoms with Gasteiger partial charge in [-0.3, -0.25) is 4.68 Å². The lowest BCUT2D eigenvalue weighted by atomic mass is 10.2. The van der Waals surface area contributed by atoms with Crippen molar-refractivity contribution in [3.8, 4) is 5.75 Å². The van der Waals surface area contributed by atoms with Crippen LogP contribution >= 0.6 is 0 Å². The van der Waals surface area contributed by atoms with Crippen LogP contribution in [0.1, 0.15) is 35.9 Å². The normalized spacial score (nSPS) is 10.8. The molecule has 0 unspecified atom stereocenters. The summed E-state index contributed by atoms with van der Waals surface area (Å²) in [5.74, 6) is -1.12. The van der Waals surface area contributed by atoms with Crippen LogP contribution in [0, 0.1) is 5.82 Å². The molecule has 1 aromatic carbocycles. The Balaban J connectivity index is 2.23. The van der Waals surface area contributed by atoms with Crippen LogP contribution < -0.4 is 4.74 Å². The molecule has 0 spiro atoms. The molecule has 0 aliphatic heterocycles. The molecule has 1 aromatic heterocycles. The van der Waals surface area contributed by atoms with Crippen molar-refractivity contribution in [2.24, 2.45) is 0 Å². The van der Waals surface area contributed by atoms with Crippen LogP contribution in [0.15, 0.2) is 30.5 Å². The lowest BCUT2D eigenvalue weighted by molar-refractivity contribution is 0.0693. The predicted octanol–water partition coefficient (Wildman–Crippen LogP) is 2.88. The minimum atomic E-state index is -1.06. The van der Waals surface area contributed by atoms with Crippen molar-refractivity contribution in [3.63, 3.8) is 0 Å². The Hall–Kier alpha value is -2.37. The predicted molar refractivity (Wildman–Crippen MR) is 70.3 cm³/mol. The maximum absolute atomic E-state index is 13.1. The SMILES string of the molecule is CC(C)n1ncc(C(=O)O)c1COc1cccc(F)c1. The molecule has 2 rings (SSSR count). The van der Waals surface area contributed by atoms with Gasteiger partial charge in [0.05, 0.1) is 11.9 Å². The highest BCUT2D eigenvalue weighted by molar-refractivity contribution is 5.88. The zero-order valence-corrected chi connectivity index (χ0v) is 11.2. The van der Waals surface area contributed by atoms with Gasteiger partial charge in [-0.25, -0.2) is 9.18 Å². The molecule has 0 saturated heterocycles. The Bertz CT molecular complexity index is 623. The van der Waals surface area contributed by atoms with E-state index in [1.54, 1.807) is 10.7 Å². The molecule has 2 aromatic rings. The summed E-state index contributed by atoms with van der Waals surface area (Å²) in [6, 6.07) is 5.71. The van der Waals surface area contributed by atoms with Gasteiger partial charge >= 0.3 is 5.97 Å². The van der Waals surface area contributed by atoms with Gasteiger partial charge in [-0.15, -0.1) is 0 Å². The van der Waals surface area contributed by atoms with E-state index in [-0.39, 0.29) is 18.2 Å². The first kappa shape index (κ1) is 14.0. The van der Waals surface area contributed by atoms with E-state index in [0.29, 0.717) is 11.4 Å². The summed E-state index contributed by atoms with van der Waals surface area (Å²) in [6.45, 7) is 3.80. The molecule has 0 radical (unpaired) electrons. The molecule has 20 heavy (non-hydrogen) atoms. The van der Waals surface area contributed by atoms with Crippen LogP contribution in [0.4, 0.5) is 4.39 Å². The number of nitrogens with zero attached hydrogens (tertiary/aromatic N) is 2. The van der Waals surface area contributed by atoms with Gasteiger partial charge in [0.1, 0.15) is 23.7 Å². The Kier molecular flexibility index (Phi) is 4.02. The molecule has 0 atom stereocenters. The maximum Gasteiger partial charge on any atom is 0.339 e. The molecule has 106 valence electrons. The summed E-state index contributed by atoms with van der Waals surface area (Å²) in [6.07, 6.45) is 1.30. The summed E-state index contributed by atoms with van der Waals surface area (Å²) in [5, 5.41) is 13.2. The van der Waals surface area contributed by atoms with Crippen LogP contribution in [-0.2, 0) is 6.61 Å². The fraction of sp³-hybridized carbons (Fsp3) is 0.286. The van der Waals surface area contributed by atoms with Gasteiger partial charge < -0.3 is 9.84 Å². The number of ether oxygens (including phenoxy) is 1. The van der Waals surface area contributed by atoms with Gasteiger partial charge in [0.2, 0.25) is 0 Å². The van der Waals surface area contributed by atoms with E-state index < -0.39 is 11.8 Å². The van der Waals surface area contributed by atoms with E-state index in [2.05, 4.69) is 5.10 Å². The third-order valence-corrected chi connectivity index (χ3v) is 2.79. The van der Waals surface area contributed by atoms with E-state index in [9.17, 15) is 9.18 Å². The highest BCUT2D eigenvalue weighted by Crippen LogP contribution is 2.18. The molecule has 0 amide bonds. The second kappa shape index (κ2) is 5.73. The molecule has 0 fully saturated rings. The number of benzene rings is 1. The van der Waals surface area contributed by atoms with Crippen LogP contribution in [0.2, 0.25) is 0 Å². The zero-order chi connectivity index (χ0) is 14.7. The largest absolute Gasteiger partial charge is 0.487 e. The van der Waals surface area contributed by atoms with Crippen molar-refractivity contribution < 1.29 is 19.0 Å². The lowest BCUT2D eigenvalue weighted by Crippen LogP contribution is -2.13. The van der Waals surface area contributed by atoms with Crippen molar-refractivity contribution in [1.29, 1.82) is 0 Å². The first-order valence-corrected chi connectivity index (χ1v) is 6.17. The second-order valence-corrected chi connectivity index (χ2v) is 4.59. The monoisotopic (exact) mass is 278 g/mol. The van der Waals surface area contributed by atoms with Gasteiger partial charge in [0.25, 0.3) is 0 Å². The third-order valence-electron chi connectivity index (χ3n) is 2.79. The van der Waals surface area contributed by atoms with E-state index >= 15 is 0 Å². The Morgan fingerprint density at radius 2 is 2.25 bits per heavy atom. The molecule has 0 aliphatic carbocycles. The minimum absolute atomic E-state index is 0.00853. The van der Waals surface area contributed by atoms with E-state index in [1.165, 1.54) is 24.4 Å². The van der Waals surface area contributed by atoms with Crippen molar-refractivity contribution in [3.05, 3.63) is 47.5 Å². The number of aromatic nitrogens is 2. The van der Waals surface area contributed by atoms with E-state index in [1.807, 2.05) is 13.8 Å². The maximum atomic E-state index is 13.1.